The largest absolute Gasteiger partial charge is 0.476 e. The standard InChI is InChI=1S/C15H18BrN3O/c1-10-15(20-9-11-4-6-17-7-5-11)19-14-8-12(16)2-3-13(14)18-10/h2-3,8,11,17H,4-7,9H2,1H3. The summed E-state index contributed by atoms with van der Waals surface area (Å²) in [6, 6.07) is 5.92. The Kier molecular flexibility index (Phi) is 4.17. The molecule has 1 aromatic heterocycles. The van der Waals surface area contributed by atoms with Gasteiger partial charge in [-0.25, -0.2) is 9.97 Å². The van der Waals surface area contributed by atoms with Crippen LogP contribution in [0.5, 0.6) is 5.88 Å². The Balaban J connectivity index is 1.77. The van der Waals surface area contributed by atoms with Crippen LogP contribution in [0.4, 0.5) is 0 Å². The maximum atomic E-state index is 5.91. The number of ether oxygens (including phenoxy) is 1. The number of benzene rings is 1. The molecule has 5 heteroatoms. The molecule has 1 saturated heterocycles. The topological polar surface area (TPSA) is 47.0 Å². The fraction of sp³-hybridized carbons (Fsp3) is 0.467. The Hall–Kier alpha value is -1.20. The van der Waals surface area contributed by atoms with Crippen LogP contribution in [0.2, 0.25) is 0 Å². The predicted molar refractivity (Wildman–Crippen MR) is 83.1 cm³/mol. The number of nitrogens with zero attached hydrogens (tertiary/aromatic N) is 2. The SMILES string of the molecule is Cc1nc2ccc(Br)cc2nc1OCC1CCNCC1. The van der Waals surface area contributed by atoms with Crippen molar-refractivity contribution < 1.29 is 4.74 Å². The van der Waals surface area contributed by atoms with E-state index in [0.29, 0.717) is 11.8 Å². The lowest BCUT2D eigenvalue weighted by atomic mass is 9.99. The molecule has 106 valence electrons. The molecule has 0 atom stereocenters. The van der Waals surface area contributed by atoms with Gasteiger partial charge in [0, 0.05) is 4.47 Å². The summed E-state index contributed by atoms with van der Waals surface area (Å²) >= 11 is 3.46. The van der Waals surface area contributed by atoms with Gasteiger partial charge in [0.2, 0.25) is 5.88 Å². The molecule has 3 rings (SSSR count). The Labute approximate surface area is 127 Å². The van der Waals surface area contributed by atoms with Crippen LogP contribution in [0, 0.1) is 12.8 Å². The molecule has 2 aromatic rings. The number of nitrogens with one attached hydrogen (secondary N) is 1. The van der Waals surface area contributed by atoms with Crippen molar-refractivity contribution in [3.63, 3.8) is 0 Å². The number of aryl methyl sites for hydroxylation is 1. The van der Waals surface area contributed by atoms with E-state index < -0.39 is 0 Å². The molecule has 0 saturated carbocycles. The second kappa shape index (κ2) is 6.06. The molecule has 0 aliphatic carbocycles. The summed E-state index contributed by atoms with van der Waals surface area (Å²) in [5.41, 5.74) is 2.62. The molecule has 1 N–H and O–H groups in total. The molecule has 0 bridgehead atoms. The third-order valence-corrected chi connectivity index (χ3v) is 4.16. The van der Waals surface area contributed by atoms with Gasteiger partial charge in [-0.2, -0.15) is 0 Å². The van der Waals surface area contributed by atoms with E-state index >= 15 is 0 Å². The summed E-state index contributed by atoms with van der Waals surface area (Å²) in [6.07, 6.45) is 2.34. The molecule has 2 heterocycles. The molecule has 0 radical (unpaired) electrons. The van der Waals surface area contributed by atoms with Gasteiger partial charge in [-0.3, -0.25) is 0 Å². The highest BCUT2D eigenvalue weighted by atomic mass is 79.9. The summed E-state index contributed by atoms with van der Waals surface area (Å²) in [5, 5.41) is 3.37. The van der Waals surface area contributed by atoms with Crippen molar-refractivity contribution in [2.45, 2.75) is 19.8 Å². The lowest BCUT2D eigenvalue weighted by Gasteiger charge is -2.22. The molecule has 0 spiro atoms. The molecule has 1 aromatic carbocycles. The third-order valence-electron chi connectivity index (χ3n) is 3.67. The van der Waals surface area contributed by atoms with Crippen LogP contribution < -0.4 is 10.1 Å². The highest BCUT2D eigenvalue weighted by molar-refractivity contribution is 9.10. The van der Waals surface area contributed by atoms with Crippen molar-refractivity contribution in [3.05, 3.63) is 28.4 Å². The van der Waals surface area contributed by atoms with E-state index in [0.717, 1.165) is 40.9 Å². The zero-order valence-electron chi connectivity index (χ0n) is 11.5. The van der Waals surface area contributed by atoms with Crippen LogP contribution in [0.15, 0.2) is 22.7 Å². The molecule has 4 nitrogen and oxygen atoms in total. The molecule has 1 fully saturated rings. The second-order valence-electron chi connectivity index (χ2n) is 5.25. The van der Waals surface area contributed by atoms with E-state index in [-0.39, 0.29) is 0 Å². The minimum atomic E-state index is 0.621. The first-order valence-electron chi connectivity index (χ1n) is 7.00. The Bertz CT molecular complexity index is 611. The Morgan fingerprint density at radius 2 is 2.05 bits per heavy atom. The number of aromatic nitrogens is 2. The minimum Gasteiger partial charge on any atom is -0.476 e. The van der Waals surface area contributed by atoms with Crippen LogP contribution in [0.3, 0.4) is 0 Å². The highest BCUT2D eigenvalue weighted by Crippen LogP contribution is 2.22. The number of fused-ring (bicyclic) bond motifs is 1. The minimum absolute atomic E-state index is 0.621. The van der Waals surface area contributed by atoms with Crippen LogP contribution in [0.25, 0.3) is 11.0 Å². The smallest absolute Gasteiger partial charge is 0.235 e. The maximum absolute atomic E-state index is 5.91. The molecular formula is C15H18BrN3O. The molecule has 1 aliphatic heterocycles. The number of halogens is 1. The van der Waals surface area contributed by atoms with Gasteiger partial charge in [-0.05, 0) is 57.0 Å². The first-order valence-corrected chi connectivity index (χ1v) is 7.79. The van der Waals surface area contributed by atoms with Gasteiger partial charge in [0.15, 0.2) is 0 Å². The van der Waals surface area contributed by atoms with E-state index in [4.69, 9.17) is 4.74 Å². The van der Waals surface area contributed by atoms with E-state index in [1.807, 2.05) is 25.1 Å². The van der Waals surface area contributed by atoms with Gasteiger partial charge < -0.3 is 10.1 Å². The fourth-order valence-electron chi connectivity index (χ4n) is 2.48. The zero-order chi connectivity index (χ0) is 13.9. The van der Waals surface area contributed by atoms with Crippen molar-refractivity contribution in [1.29, 1.82) is 0 Å². The number of piperidine rings is 1. The van der Waals surface area contributed by atoms with E-state index in [2.05, 4.69) is 31.2 Å². The highest BCUT2D eigenvalue weighted by Gasteiger charge is 2.15. The van der Waals surface area contributed by atoms with Gasteiger partial charge in [0.05, 0.1) is 17.6 Å². The van der Waals surface area contributed by atoms with Gasteiger partial charge >= 0.3 is 0 Å². The molecular weight excluding hydrogens is 318 g/mol. The maximum Gasteiger partial charge on any atom is 0.235 e. The Morgan fingerprint density at radius 3 is 2.85 bits per heavy atom. The zero-order valence-corrected chi connectivity index (χ0v) is 13.1. The van der Waals surface area contributed by atoms with Gasteiger partial charge in [-0.1, -0.05) is 15.9 Å². The van der Waals surface area contributed by atoms with Crippen molar-refractivity contribution in [2.24, 2.45) is 5.92 Å². The molecule has 20 heavy (non-hydrogen) atoms. The third kappa shape index (κ3) is 3.10. The van der Waals surface area contributed by atoms with E-state index in [1.54, 1.807) is 0 Å². The first kappa shape index (κ1) is 13.8. The van der Waals surface area contributed by atoms with E-state index in [1.165, 1.54) is 12.8 Å². The van der Waals surface area contributed by atoms with Crippen LogP contribution in [-0.4, -0.2) is 29.7 Å². The van der Waals surface area contributed by atoms with Crippen molar-refractivity contribution in [3.8, 4) is 5.88 Å². The lowest BCUT2D eigenvalue weighted by molar-refractivity contribution is 0.207. The first-order chi connectivity index (χ1) is 9.72. The average Bonchev–Trinajstić information content (AvgIpc) is 2.46. The van der Waals surface area contributed by atoms with Crippen molar-refractivity contribution in [1.82, 2.24) is 15.3 Å². The van der Waals surface area contributed by atoms with Crippen molar-refractivity contribution in [2.75, 3.05) is 19.7 Å². The van der Waals surface area contributed by atoms with Crippen LogP contribution >= 0.6 is 15.9 Å². The van der Waals surface area contributed by atoms with Gasteiger partial charge in [0.25, 0.3) is 0 Å². The summed E-state index contributed by atoms with van der Waals surface area (Å²) in [7, 11) is 0. The molecule has 1 aliphatic rings. The lowest BCUT2D eigenvalue weighted by Crippen LogP contribution is -2.30. The van der Waals surface area contributed by atoms with Gasteiger partial charge in [-0.15, -0.1) is 0 Å². The average molecular weight is 336 g/mol. The quantitative estimate of drug-likeness (QED) is 0.936. The summed E-state index contributed by atoms with van der Waals surface area (Å²) in [6.45, 7) is 4.86. The van der Waals surface area contributed by atoms with Crippen LogP contribution in [-0.2, 0) is 0 Å². The second-order valence-corrected chi connectivity index (χ2v) is 6.17. The van der Waals surface area contributed by atoms with E-state index in [9.17, 15) is 0 Å². The molecule has 0 unspecified atom stereocenters. The van der Waals surface area contributed by atoms with Crippen molar-refractivity contribution >= 4 is 27.0 Å². The summed E-state index contributed by atoms with van der Waals surface area (Å²) in [5.74, 6) is 1.28. The fourth-order valence-corrected chi connectivity index (χ4v) is 2.83. The van der Waals surface area contributed by atoms with Gasteiger partial charge in [0.1, 0.15) is 5.69 Å². The Morgan fingerprint density at radius 1 is 1.25 bits per heavy atom. The predicted octanol–water partition coefficient (Wildman–Crippen LogP) is 3.08. The molecule has 0 amide bonds. The number of hydrogen-bond acceptors (Lipinski definition) is 4. The summed E-state index contributed by atoms with van der Waals surface area (Å²) < 4.78 is 6.91. The summed E-state index contributed by atoms with van der Waals surface area (Å²) in [4.78, 5) is 9.15. The number of rotatable bonds is 3. The van der Waals surface area contributed by atoms with Crippen LogP contribution in [0.1, 0.15) is 18.5 Å². The normalized spacial score (nSPS) is 16.5. The monoisotopic (exact) mass is 335 g/mol. The number of hydrogen-bond donors (Lipinski definition) is 1.